The number of Topliss-reactive ketones (excluding diaryl/α,β-unsaturated/α-hetero) is 1. The van der Waals surface area contributed by atoms with E-state index >= 15 is 0 Å². The Labute approximate surface area is 183 Å². The number of para-hydroxylation sites is 1. The third kappa shape index (κ3) is 2.31. The van der Waals surface area contributed by atoms with Gasteiger partial charge in [0.25, 0.3) is 0 Å². The SMILES string of the molecule is Cc1nn(-c2ccccc2)c2c1[C@@]1(C(=O)Nc3ccc(Cl)cc31)C1=C(CCCC1=O)N2. The number of carbonyl (C=O) groups is 2. The highest BCUT2D eigenvalue weighted by Crippen LogP contribution is 2.56. The van der Waals surface area contributed by atoms with E-state index in [2.05, 4.69) is 10.6 Å². The average molecular weight is 431 g/mol. The van der Waals surface area contributed by atoms with E-state index in [1.54, 1.807) is 18.2 Å². The van der Waals surface area contributed by atoms with E-state index in [9.17, 15) is 9.59 Å². The number of allylic oxidation sites excluding steroid dienone is 1. The van der Waals surface area contributed by atoms with Crippen molar-refractivity contribution < 1.29 is 9.59 Å². The van der Waals surface area contributed by atoms with Gasteiger partial charge < -0.3 is 10.6 Å². The van der Waals surface area contributed by atoms with Crippen molar-refractivity contribution in [2.45, 2.75) is 31.6 Å². The van der Waals surface area contributed by atoms with Gasteiger partial charge in [-0.2, -0.15) is 5.10 Å². The smallest absolute Gasteiger partial charge is 0.244 e. The van der Waals surface area contributed by atoms with Crippen LogP contribution < -0.4 is 10.6 Å². The van der Waals surface area contributed by atoms with Crippen LogP contribution in [0.3, 0.4) is 0 Å². The number of benzene rings is 2. The maximum atomic E-state index is 13.8. The Morgan fingerprint density at radius 3 is 2.68 bits per heavy atom. The molecule has 1 aliphatic carbocycles. The predicted octanol–water partition coefficient (Wildman–Crippen LogP) is 4.50. The number of nitrogens with zero attached hydrogens (tertiary/aromatic N) is 2. The molecule has 1 spiro atoms. The van der Waals surface area contributed by atoms with Crippen LogP contribution in [0.5, 0.6) is 0 Å². The Morgan fingerprint density at radius 2 is 1.87 bits per heavy atom. The molecule has 2 N–H and O–H groups in total. The molecule has 154 valence electrons. The molecule has 0 radical (unpaired) electrons. The summed E-state index contributed by atoms with van der Waals surface area (Å²) in [4.78, 5) is 27.1. The van der Waals surface area contributed by atoms with Crippen LogP contribution in [0.15, 0.2) is 59.8 Å². The molecule has 1 amide bonds. The van der Waals surface area contributed by atoms with E-state index < -0.39 is 5.41 Å². The molecule has 0 saturated carbocycles. The van der Waals surface area contributed by atoms with Gasteiger partial charge in [-0.05, 0) is 50.1 Å². The summed E-state index contributed by atoms with van der Waals surface area (Å²) in [5.74, 6) is 0.486. The van der Waals surface area contributed by atoms with Crippen LogP contribution in [-0.2, 0) is 15.0 Å². The van der Waals surface area contributed by atoms with Gasteiger partial charge in [-0.1, -0.05) is 29.8 Å². The highest BCUT2D eigenvalue weighted by Gasteiger charge is 2.59. The number of ketones is 1. The summed E-state index contributed by atoms with van der Waals surface area (Å²) in [6, 6.07) is 15.1. The number of nitrogens with one attached hydrogen (secondary N) is 2. The molecule has 3 aromatic rings. The molecule has 6 rings (SSSR count). The maximum Gasteiger partial charge on any atom is 0.244 e. The second-order valence-electron chi connectivity index (χ2n) is 8.21. The molecular weight excluding hydrogens is 412 g/mol. The number of carbonyl (C=O) groups excluding carboxylic acids is 2. The van der Waals surface area contributed by atoms with Crippen molar-refractivity contribution in [3.05, 3.63) is 81.6 Å². The van der Waals surface area contributed by atoms with Crippen molar-refractivity contribution in [2.75, 3.05) is 10.6 Å². The molecule has 0 unspecified atom stereocenters. The second kappa shape index (κ2) is 6.31. The first kappa shape index (κ1) is 18.4. The molecule has 3 aliphatic rings. The van der Waals surface area contributed by atoms with Gasteiger partial charge in [0.05, 0.1) is 11.4 Å². The molecule has 0 saturated heterocycles. The summed E-state index contributed by atoms with van der Waals surface area (Å²) in [5.41, 5.74) is 3.74. The number of amides is 1. The molecular formula is C24H19ClN4O2. The summed E-state index contributed by atoms with van der Waals surface area (Å²) < 4.78 is 1.82. The zero-order valence-electron chi connectivity index (χ0n) is 16.8. The van der Waals surface area contributed by atoms with Gasteiger partial charge in [0.1, 0.15) is 11.2 Å². The molecule has 7 heteroatoms. The van der Waals surface area contributed by atoms with Crippen LogP contribution in [-0.4, -0.2) is 21.5 Å². The van der Waals surface area contributed by atoms with Crippen LogP contribution >= 0.6 is 11.6 Å². The van der Waals surface area contributed by atoms with Gasteiger partial charge in [-0.15, -0.1) is 0 Å². The molecule has 2 aliphatic heterocycles. The van der Waals surface area contributed by atoms with E-state index in [0.29, 0.717) is 45.9 Å². The van der Waals surface area contributed by atoms with Crippen LogP contribution in [0.25, 0.3) is 5.69 Å². The van der Waals surface area contributed by atoms with Gasteiger partial charge in [0.15, 0.2) is 5.78 Å². The number of aryl methyl sites for hydroxylation is 1. The fourth-order valence-electron chi connectivity index (χ4n) is 5.29. The van der Waals surface area contributed by atoms with Gasteiger partial charge in [-0.25, -0.2) is 4.68 Å². The number of halogens is 1. The normalized spacial score (nSPS) is 21.5. The number of anilines is 2. The topological polar surface area (TPSA) is 76.0 Å². The Balaban J connectivity index is 1.74. The summed E-state index contributed by atoms with van der Waals surface area (Å²) >= 11 is 6.38. The van der Waals surface area contributed by atoms with Crippen LogP contribution in [0, 0.1) is 6.92 Å². The summed E-state index contributed by atoms with van der Waals surface area (Å²) in [7, 11) is 0. The zero-order chi connectivity index (χ0) is 21.3. The molecule has 0 fully saturated rings. The molecule has 2 aromatic carbocycles. The van der Waals surface area contributed by atoms with Crippen LogP contribution in [0.4, 0.5) is 11.5 Å². The lowest BCUT2D eigenvalue weighted by Crippen LogP contribution is -2.46. The molecule has 3 heterocycles. The lowest BCUT2D eigenvalue weighted by Gasteiger charge is -2.38. The minimum atomic E-state index is -1.26. The van der Waals surface area contributed by atoms with E-state index in [-0.39, 0.29) is 11.7 Å². The van der Waals surface area contributed by atoms with Crippen molar-refractivity contribution in [2.24, 2.45) is 0 Å². The highest BCUT2D eigenvalue weighted by molar-refractivity contribution is 6.31. The van der Waals surface area contributed by atoms with Crippen LogP contribution in [0.1, 0.15) is 36.1 Å². The molecule has 0 bridgehead atoms. The Bertz CT molecular complexity index is 1320. The third-order valence-corrected chi connectivity index (χ3v) is 6.70. The largest absolute Gasteiger partial charge is 0.343 e. The molecule has 1 aromatic heterocycles. The number of hydrogen-bond donors (Lipinski definition) is 2. The number of fused-ring (bicyclic) bond motifs is 5. The van der Waals surface area contributed by atoms with E-state index in [1.807, 2.05) is 41.9 Å². The van der Waals surface area contributed by atoms with E-state index in [1.165, 1.54) is 0 Å². The minimum Gasteiger partial charge on any atom is -0.343 e. The van der Waals surface area contributed by atoms with Crippen molar-refractivity contribution >= 4 is 34.8 Å². The van der Waals surface area contributed by atoms with Crippen molar-refractivity contribution in [1.82, 2.24) is 9.78 Å². The fraction of sp³-hybridized carbons (Fsp3) is 0.208. The lowest BCUT2D eigenvalue weighted by molar-refractivity contribution is -0.122. The summed E-state index contributed by atoms with van der Waals surface area (Å²) in [5, 5.41) is 11.8. The van der Waals surface area contributed by atoms with E-state index in [0.717, 1.165) is 23.6 Å². The third-order valence-electron chi connectivity index (χ3n) is 6.47. The zero-order valence-corrected chi connectivity index (χ0v) is 17.6. The van der Waals surface area contributed by atoms with Gasteiger partial charge in [0, 0.05) is 39.5 Å². The van der Waals surface area contributed by atoms with Crippen molar-refractivity contribution in [3.8, 4) is 5.69 Å². The monoisotopic (exact) mass is 430 g/mol. The summed E-state index contributed by atoms with van der Waals surface area (Å²) in [6.45, 7) is 1.89. The van der Waals surface area contributed by atoms with Gasteiger partial charge >= 0.3 is 0 Å². The predicted molar refractivity (Wildman–Crippen MR) is 119 cm³/mol. The molecule has 1 atom stereocenters. The van der Waals surface area contributed by atoms with Crippen LogP contribution in [0.2, 0.25) is 5.02 Å². The fourth-order valence-corrected chi connectivity index (χ4v) is 5.46. The standard InChI is InChI=1S/C24H19ClN4O2/c1-13-20-22(29(28-13)15-6-3-2-4-7-15)26-18-8-5-9-19(30)21(18)24(20)16-12-14(25)10-11-17(16)27-23(24)31/h2-4,6-7,10-12,26H,5,8-9H2,1H3,(H,27,31)/t24-/m1/s1. The van der Waals surface area contributed by atoms with E-state index in [4.69, 9.17) is 16.7 Å². The Morgan fingerprint density at radius 1 is 1.06 bits per heavy atom. The van der Waals surface area contributed by atoms with Crippen molar-refractivity contribution in [1.29, 1.82) is 0 Å². The Hall–Kier alpha value is -3.38. The minimum absolute atomic E-state index is 0.00534. The van der Waals surface area contributed by atoms with Crippen molar-refractivity contribution in [3.63, 3.8) is 0 Å². The quantitative estimate of drug-likeness (QED) is 0.595. The average Bonchev–Trinajstić information content (AvgIpc) is 3.24. The van der Waals surface area contributed by atoms with Gasteiger partial charge in [0.2, 0.25) is 5.91 Å². The number of aromatic nitrogens is 2. The first-order valence-electron chi connectivity index (χ1n) is 10.3. The molecule has 6 nitrogen and oxygen atoms in total. The Kier molecular flexibility index (Phi) is 3.74. The maximum absolute atomic E-state index is 13.8. The summed E-state index contributed by atoms with van der Waals surface area (Å²) in [6.07, 6.45) is 1.87. The number of rotatable bonds is 1. The van der Waals surface area contributed by atoms with Gasteiger partial charge in [-0.3, -0.25) is 9.59 Å². The number of hydrogen-bond acceptors (Lipinski definition) is 4. The lowest BCUT2D eigenvalue weighted by atomic mass is 9.64. The first-order valence-corrected chi connectivity index (χ1v) is 10.7. The second-order valence-corrected chi connectivity index (χ2v) is 8.64. The first-order chi connectivity index (χ1) is 15.0. The highest BCUT2D eigenvalue weighted by atomic mass is 35.5. The molecule has 31 heavy (non-hydrogen) atoms.